The Morgan fingerprint density at radius 2 is 1.69 bits per heavy atom. The highest BCUT2D eigenvalue weighted by molar-refractivity contribution is 5.76. The Kier molecular flexibility index (Phi) is 8.10. The van der Waals surface area contributed by atoms with Crippen LogP contribution in [0.15, 0.2) is 24.3 Å². The predicted octanol–water partition coefficient (Wildman–Crippen LogP) is 3.17. The van der Waals surface area contributed by atoms with Crippen molar-refractivity contribution in [3.05, 3.63) is 35.6 Å². The second-order valence-corrected chi connectivity index (χ2v) is 8.64. The van der Waals surface area contributed by atoms with E-state index in [-0.39, 0.29) is 5.82 Å². The highest BCUT2D eigenvalue weighted by Crippen LogP contribution is 2.36. The predicted molar refractivity (Wildman–Crippen MR) is 107 cm³/mol. The zero-order valence-electron chi connectivity index (χ0n) is 17.7. The van der Waals surface area contributed by atoms with Gasteiger partial charge in [0.15, 0.2) is 0 Å². The van der Waals surface area contributed by atoms with Gasteiger partial charge in [0, 0.05) is 39.1 Å². The molecule has 3 fully saturated rings. The van der Waals surface area contributed by atoms with Gasteiger partial charge < -0.3 is 14.7 Å². The minimum Gasteiger partial charge on any atom is -0.475 e. The highest BCUT2D eigenvalue weighted by atomic mass is 19.4. The summed E-state index contributed by atoms with van der Waals surface area (Å²) in [7, 11) is 0. The van der Waals surface area contributed by atoms with E-state index in [1.54, 1.807) is 0 Å². The van der Waals surface area contributed by atoms with Gasteiger partial charge in [0.2, 0.25) is 5.91 Å². The molecule has 1 N–H and O–H groups in total. The van der Waals surface area contributed by atoms with Gasteiger partial charge in [-0.15, -0.1) is 0 Å². The molecule has 10 heteroatoms. The smallest absolute Gasteiger partial charge is 0.475 e. The van der Waals surface area contributed by atoms with Crippen LogP contribution in [0.5, 0.6) is 0 Å². The SMILES string of the molecule is O=C(C[C@@H]1COC[C@H]2CN(Cc3ccc(F)cc3)C[C@@H]12)N1CCCC1.O=C(O)C(F)(F)F. The largest absolute Gasteiger partial charge is 0.490 e. The molecule has 1 aromatic carbocycles. The number of halogens is 4. The number of nitrogens with zero attached hydrogens (tertiary/aromatic N) is 2. The maximum Gasteiger partial charge on any atom is 0.490 e. The van der Waals surface area contributed by atoms with E-state index >= 15 is 0 Å². The van der Waals surface area contributed by atoms with Crippen LogP contribution in [0.2, 0.25) is 0 Å². The quantitative estimate of drug-likeness (QED) is 0.699. The Hall–Kier alpha value is -2.20. The molecule has 0 aliphatic carbocycles. The number of fused-ring (bicyclic) bond motifs is 1. The summed E-state index contributed by atoms with van der Waals surface area (Å²) < 4.78 is 50.6. The minimum absolute atomic E-state index is 0.187. The van der Waals surface area contributed by atoms with Crippen molar-refractivity contribution in [2.75, 3.05) is 39.4 Å². The van der Waals surface area contributed by atoms with E-state index in [1.807, 2.05) is 17.0 Å². The molecule has 0 saturated carbocycles. The van der Waals surface area contributed by atoms with Gasteiger partial charge in [-0.3, -0.25) is 9.69 Å². The molecule has 3 atom stereocenters. The first kappa shape index (κ1) is 24.4. The maximum absolute atomic E-state index is 13.1. The number of alkyl halides is 3. The monoisotopic (exact) mass is 460 g/mol. The lowest BCUT2D eigenvalue weighted by Gasteiger charge is -2.33. The average Bonchev–Trinajstić information content (AvgIpc) is 3.40. The molecule has 3 aliphatic heterocycles. The average molecular weight is 460 g/mol. The highest BCUT2D eigenvalue weighted by Gasteiger charge is 2.42. The molecule has 6 nitrogen and oxygen atoms in total. The molecule has 0 radical (unpaired) electrons. The molecule has 4 rings (SSSR count). The lowest BCUT2D eigenvalue weighted by atomic mass is 9.81. The Morgan fingerprint density at radius 1 is 1.06 bits per heavy atom. The summed E-state index contributed by atoms with van der Waals surface area (Å²) >= 11 is 0. The van der Waals surface area contributed by atoms with Crippen molar-refractivity contribution in [3.63, 3.8) is 0 Å². The third-order valence-corrected chi connectivity index (χ3v) is 6.29. The number of likely N-dealkylation sites (tertiary alicyclic amines) is 2. The van der Waals surface area contributed by atoms with E-state index in [4.69, 9.17) is 14.6 Å². The van der Waals surface area contributed by atoms with Crippen LogP contribution in [0.4, 0.5) is 17.6 Å². The van der Waals surface area contributed by atoms with E-state index in [1.165, 1.54) is 12.1 Å². The van der Waals surface area contributed by atoms with Crippen LogP contribution in [-0.4, -0.2) is 72.4 Å². The van der Waals surface area contributed by atoms with Crippen LogP contribution in [0.1, 0.15) is 24.8 Å². The molecule has 3 aliphatic rings. The lowest BCUT2D eigenvalue weighted by Crippen LogP contribution is -2.39. The zero-order valence-corrected chi connectivity index (χ0v) is 17.7. The van der Waals surface area contributed by atoms with Gasteiger partial charge in [0.25, 0.3) is 0 Å². The number of carbonyl (C=O) groups is 2. The van der Waals surface area contributed by atoms with Crippen LogP contribution in [0.25, 0.3) is 0 Å². The van der Waals surface area contributed by atoms with Crippen LogP contribution in [-0.2, 0) is 20.9 Å². The van der Waals surface area contributed by atoms with Crippen molar-refractivity contribution < 1.29 is 37.0 Å². The first-order valence-electron chi connectivity index (χ1n) is 10.8. The second-order valence-electron chi connectivity index (χ2n) is 8.64. The van der Waals surface area contributed by atoms with Gasteiger partial charge in [0.1, 0.15) is 5.82 Å². The standard InChI is InChI=1S/C20H27FN2O2.C2HF3O2/c21-18-5-3-15(4-6-18)10-22-11-17-14-25-13-16(19(17)12-22)9-20(24)23-7-1-2-8-23;3-2(4,5)1(6)7/h3-6,16-17,19H,1-2,7-14H2;(H,6,7)/t16-,17-,19+;/m1./s1. The number of hydrogen-bond acceptors (Lipinski definition) is 4. The molecule has 3 saturated heterocycles. The molecule has 178 valence electrons. The maximum atomic E-state index is 13.1. The summed E-state index contributed by atoms with van der Waals surface area (Å²) in [5, 5.41) is 7.12. The first-order valence-corrected chi connectivity index (χ1v) is 10.8. The summed E-state index contributed by atoms with van der Waals surface area (Å²) in [6, 6.07) is 6.78. The van der Waals surface area contributed by atoms with Crippen molar-refractivity contribution >= 4 is 11.9 Å². The van der Waals surface area contributed by atoms with Gasteiger partial charge in [-0.2, -0.15) is 13.2 Å². The molecule has 1 amide bonds. The fourth-order valence-electron chi connectivity index (χ4n) is 4.70. The topological polar surface area (TPSA) is 70.1 Å². The zero-order chi connectivity index (χ0) is 23.3. The number of rotatable bonds is 4. The molecule has 0 unspecified atom stereocenters. The van der Waals surface area contributed by atoms with E-state index in [0.717, 1.165) is 57.7 Å². The van der Waals surface area contributed by atoms with Crippen LogP contribution in [0, 0.1) is 23.6 Å². The van der Waals surface area contributed by atoms with E-state index in [0.29, 0.717) is 36.7 Å². The van der Waals surface area contributed by atoms with Crippen molar-refractivity contribution in [1.82, 2.24) is 9.80 Å². The normalized spacial score (nSPS) is 25.8. The number of amides is 1. The number of hydrogen-bond donors (Lipinski definition) is 1. The first-order chi connectivity index (χ1) is 15.1. The molecule has 1 aromatic rings. The number of carboxylic acid groups (broad SMARTS) is 1. The Bertz CT molecular complexity index is 781. The summed E-state index contributed by atoms with van der Waals surface area (Å²) in [6.07, 6.45) is -2.17. The number of aliphatic carboxylic acids is 1. The van der Waals surface area contributed by atoms with Crippen LogP contribution >= 0.6 is 0 Å². The number of benzene rings is 1. The molecule has 0 bridgehead atoms. The van der Waals surface area contributed by atoms with Crippen LogP contribution < -0.4 is 0 Å². The molecular formula is C22H28F4N2O4. The number of carbonyl (C=O) groups excluding carboxylic acids is 1. The fraction of sp³-hybridized carbons (Fsp3) is 0.636. The molecule has 0 spiro atoms. The molecule has 0 aromatic heterocycles. The third kappa shape index (κ3) is 6.65. The summed E-state index contributed by atoms with van der Waals surface area (Å²) in [5.41, 5.74) is 1.14. The van der Waals surface area contributed by atoms with Gasteiger partial charge in [-0.1, -0.05) is 12.1 Å². The number of ether oxygens (including phenoxy) is 1. The van der Waals surface area contributed by atoms with E-state index in [9.17, 15) is 22.4 Å². The second kappa shape index (κ2) is 10.6. The van der Waals surface area contributed by atoms with E-state index < -0.39 is 12.1 Å². The summed E-state index contributed by atoms with van der Waals surface area (Å²) in [6.45, 7) is 6.25. The van der Waals surface area contributed by atoms with Crippen LogP contribution in [0.3, 0.4) is 0 Å². The minimum atomic E-state index is -5.08. The van der Waals surface area contributed by atoms with Gasteiger partial charge in [-0.25, -0.2) is 9.18 Å². The summed E-state index contributed by atoms with van der Waals surface area (Å²) in [5.74, 6) is -1.24. The van der Waals surface area contributed by atoms with Gasteiger partial charge >= 0.3 is 12.1 Å². The summed E-state index contributed by atoms with van der Waals surface area (Å²) in [4.78, 5) is 25.9. The Balaban J connectivity index is 0.000000360. The molecule has 3 heterocycles. The molecule has 32 heavy (non-hydrogen) atoms. The van der Waals surface area contributed by atoms with Gasteiger partial charge in [-0.05, 0) is 48.3 Å². The van der Waals surface area contributed by atoms with Crippen molar-refractivity contribution in [2.45, 2.75) is 32.0 Å². The Labute approximate surface area is 184 Å². The van der Waals surface area contributed by atoms with Gasteiger partial charge in [0.05, 0.1) is 13.2 Å². The molecular weight excluding hydrogens is 432 g/mol. The fourth-order valence-corrected chi connectivity index (χ4v) is 4.70. The number of carboxylic acids is 1. The van der Waals surface area contributed by atoms with Crippen molar-refractivity contribution in [1.29, 1.82) is 0 Å². The van der Waals surface area contributed by atoms with E-state index in [2.05, 4.69) is 4.90 Å². The lowest BCUT2D eigenvalue weighted by molar-refractivity contribution is -0.192. The Morgan fingerprint density at radius 3 is 2.28 bits per heavy atom. The third-order valence-electron chi connectivity index (χ3n) is 6.29. The van der Waals surface area contributed by atoms with Crippen molar-refractivity contribution in [3.8, 4) is 0 Å². The van der Waals surface area contributed by atoms with Crippen molar-refractivity contribution in [2.24, 2.45) is 17.8 Å².